The summed E-state index contributed by atoms with van der Waals surface area (Å²) >= 11 is 0. The van der Waals surface area contributed by atoms with Gasteiger partial charge in [-0.15, -0.1) is 0 Å². The number of carboxylic acid groups (broad SMARTS) is 1. The number of benzene rings is 2. The molecular weight excluding hydrogens is 326 g/mol. The summed E-state index contributed by atoms with van der Waals surface area (Å²) in [5.74, 6) is -0.949. The van der Waals surface area contributed by atoms with Crippen molar-refractivity contribution in [3.63, 3.8) is 0 Å². The van der Waals surface area contributed by atoms with Crippen LogP contribution in [-0.2, 0) is 11.8 Å². The highest BCUT2D eigenvalue weighted by molar-refractivity contribution is 6.10. The van der Waals surface area contributed by atoms with Crippen molar-refractivity contribution in [1.29, 1.82) is 0 Å². The number of nitrogens with zero attached hydrogens (tertiary/aromatic N) is 1. The maximum atomic E-state index is 10.9. The van der Waals surface area contributed by atoms with Gasteiger partial charge in [0.15, 0.2) is 0 Å². The molecule has 3 rings (SSSR count). The summed E-state index contributed by atoms with van der Waals surface area (Å²) < 4.78 is 0. The molecule has 2 aromatic rings. The van der Waals surface area contributed by atoms with Gasteiger partial charge in [0, 0.05) is 5.56 Å². The molecule has 1 aliphatic carbocycles. The highest BCUT2D eigenvalue weighted by atomic mass is 16.4. The molecule has 0 heterocycles. The minimum Gasteiger partial charge on any atom is -0.478 e. The Bertz CT molecular complexity index is 877. The molecule has 2 aromatic carbocycles. The number of aryl methyl sites for hydroxylation is 1. The van der Waals surface area contributed by atoms with Gasteiger partial charge in [-0.1, -0.05) is 49.3 Å². The molecule has 0 bridgehead atoms. The zero-order valence-electron chi connectivity index (χ0n) is 15.1. The molecule has 0 unspecified atom stereocenters. The fourth-order valence-corrected chi connectivity index (χ4v) is 3.54. The number of rotatable bonds is 4. The third-order valence-corrected chi connectivity index (χ3v) is 5.08. The summed E-state index contributed by atoms with van der Waals surface area (Å²) in [5, 5.41) is 21.9. The zero-order valence-corrected chi connectivity index (χ0v) is 15.1. The van der Waals surface area contributed by atoms with E-state index in [9.17, 15) is 10.0 Å². The first-order valence-electron chi connectivity index (χ1n) is 8.78. The zero-order chi connectivity index (χ0) is 18.7. The van der Waals surface area contributed by atoms with Crippen molar-refractivity contribution in [1.82, 2.24) is 0 Å². The third-order valence-electron chi connectivity index (χ3n) is 5.08. The van der Waals surface area contributed by atoms with Gasteiger partial charge in [-0.05, 0) is 65.6 Å². The second-order valence-electron chi connectivity index (χ2n) is 7.36. The smallest absolute Gasteiger partial charge is 0.335 e. The van der Waals surface area contributed by atoms with E-state index >= 15 is 0 Å². The van der Waals surface area contributed by atoms with Crippen LogP contribution in [-0.4, -0.2) is 22.0 Å². The first kappa shape index (κ1) is 17.9. The topological polar surface area (TPSA) is 69.9 Å². The maximum absolute atomic E-state index is 10.9. The van der Waals surface area contributed by atoms with Gasteiger partial charge in [-0.25, -0.2) is 4.79 Å². The Labute approximate surface area is 153 Å². The van der Waals surface area contributed by atoms with E-state index in [0.717, 1.165) is 24.0 Å². The largest absolute Gasteiger partial charge is 0.478 e. The number of carbonyl (C=O) groups is 1. The Morgan fingerprint density at radius 2 is 1.81 bits per heavy atom. The van der Waals surface area contributed by atoms with Crippen molar-refractivity contribution in [2.75, 3.05) is 0 Å². The minimum absolute atomic E-state index is 0.126. The van der Waals surface area contributed by atoms with Gasteiger partial charge in [0.2, 0.25) is 0 Å². The summed E-state index contributed by atoms with van der Waals surface area (Å²) in [7, 11) is 0. The molecule has 0 fully saturated rings. The first-order valence-corrected chi connectivity index (χ1v) is 8.78. The Kier molecular flexibility index (Phi) is 4.94. The highest BCUT2D eigenvalue weighted by Crippen LogP contribution is 2.37. The van der Waals surface area contributed by atoms with Crippen LogP contribution in [0.4, 0.5) is 0 Å². The van der Waals surface area contributed by atoms with Gasteiger partial charge in [0.25, 0.3) is 0 Å². The van der Waals surface area contributed by atoms with Crippen LogP contribution in [0.25, 0.3) is 6.08 Å². The van der Waals surface area contributed by atoms with E-state index in [1.807, 2.05) is 12.1 Å². The van der Waals surface area contributed by atoms with Crippen LogP contribution in [0.2, 0.25) is 0 Å². The number of allylic oxidation sites excluding steroid dienone is 1. The average molecular weight is 349 g/mol. The van der Waals surface area contributed by atoms with Crippen LogP contribution in [0, 0.1) is 0 Å². The van der Waals surface area contributed by atoms with Gasteiger partial charge in [0.1, 0.15) is 5.71 Å². The molecule has 0 aromatic heterocycles. The number of oxime groups is 1. The lowest BCUT2D eigenvalue weighted by molar-refractivity contribution is 0.0697. The molecule has 0 saturated heterocycles. The summed E-state index contributed by atoms with van der Waals surface area (Å²) in [6.07, 6.45) is 7.00. The Morgan fingerprint density at radius 3 is 2.46 bits per heavy atom. The fourth-order valence-electron chi connectivity index (χ4n) is 3.54. The predicted octanol–water partition coefficient (Wildman–Crippen LogP) is 4.89. The van der Waals surface area contributed by atoms with E-state index in [0.29, 0.717) is 5.71 Å². The molecule has 0 aliphatic heterocycles. The van der Waals surface area contributed by atoms with E-state index in [-0.39, 0.29) is 11.0 Å². The molecule has 134 valence electrons. The maximum Gasteiger partial charge on any atom is 0.335 e. The molecular formula is C22H23NO3. The third kappa shape index (κ3) is 3.69. The Balaban J connectivity index is 1.87. The van der Waals surface area contributed by atoms with Crippen LogP contribution >= 0.6 is 0 Å². The molecule has 0 radical (unpaired) electrons. The van der Waals surface area contributed by atoms with Gasteiger partial charge in [-0.3, -0.25) is 0 Å². The number of hydrogen-bond acceptors (Lipinski definition) is 3. The fraction of sp³-hybridized carbons (Fsp3) is 0.273. The van der Waals surface area contributed by atoms with Crippen molar-refractivity contribution in [2.24, 2.45) is 5.16 Å². The van der Waals surface area contributed by atoms with Crippen LogP contribution in [0.5, 0.6) is 0 Å². The van der Waals surface area contributed by atoms with Gasteiger partial charge < -0.3 is 10.3 Å². The Hall–Kier alpha value is -2.88. The van der Waals surface area contributed by atoms with E-state index in [2.05, 4.69) is 31.1 Å². The van der Waals surface area contributed by atoms with E-state index in [1.165, 1.54) is 17.5 Å². The van der Waals surface area contributed by atoms with Crippen LogP contribution < -0.4 is 0 Å². The highest BCUT2D eigenvalue weighted by Gasteiger charge is 2.27. The van der Waals surface area contributed by atoms with Crippen molar-refractivity contribution in [3.05, 3.63) is 76.4 Å². The summed E-state index contributed by atoms with van der Waals surface area (Å²) in [6.45, 7) is 4.51. The van der Waals surface area contributed by atoms with Crippen molar-refractivity contribution in [3.8, 4) is 0 Å². The van der Waals surface area contributed by atoms with E-state index in [1.54, 1.807) is 30.3 Å². The summed E-state index contributed by atoms with van der Waals surface area (Å²) in [6, 6.07) is 12.8. The van der Waals surface area contributed by atoms with Crippen LogP contribution in [0.15, 0.2) is 53.7 Å². The number of aromatic carboxylic acids is 1. The molecule has 1 aliphatic rings. The lowest BCUT2D eigenvalue weighted by Gasteiger charge is -2.33. The quantitative estimate of drug-likeness (QED) is 0.469. The predicted molar refractivity (Wildman–Crippen MR) is 103 cm³/mol. The SMILES string of the molecule is CC1(C)CCCc2ccc(C(/C=C/c3ccc(C(=O)O)cc3)=N/O)cc21. The second-order valence-corrected chi connectivity index (χ2v) is 7.36. The van der Waals surface area contributed by atoms with Gasteiger partial charge >= 0.3 is 5.97 Å². The standard InChI is InChI=1S/C22H23NO3/c1-22(2)13-3-4-16-10-11-18(14-19(16)22)20(23-26)12-7-15-5-8-17(9-6-15)21(24)25/h5-12,14,26H,3-4,13H2,1-2H3,(H,24,25)/b12-7+,23-20+. The van der Waals surface area contributed by atoms with Gasteiger partial charge in [0.05, 0.1) is 5.56 Å². The van der Waals surface area contributed by atoms with E-state index < -0.39 is 5.97 Å². The molecule has 0 amide bonds. The number of carboxylic acids is 1. The molecule has 0 saturated carbocycles. The lowest BCUT2D eigenvalue weighted by atomic mass is 9.72. The molecule has 0 spiro atoms. The normalized spacial score (nSPS) is 16.5. The Morgan fingerprint density at radius 1 is 1.12 bits per heavy atom. The van der Waals surface area contributed by atoms with Crippen molar-refractivity contribution >= 4 is 17.8 Å². The lowest BCUT2D eigenvalue weighted by Crippen LogP contribution is -2.24. The molecule has 26 heavy (non-hydrogen) atoms. The molecule has 2 N–H and O–H groups in total. The van der Waals surface area contributed by atoms with E-state index in [4.69, 9.17) is 5.11 Å². The molecule has 4 heteroatoms. The minimum atomic E-state index is -0.949. The monoisotopic (exact) mass is 349 g/mol. The van der Waals surface area contributed by atoms with Gasteiger partial charge in [-0.2, -0.15) is 0 Å². The average Bonchev–Trinajstić information content (AvgIpc) is 2.63. The molecule has 4 nitrogen and oxygen atoms in total. The number of hydrogen-bond donors (Lipinski definition) is 2. The molecule has 0 atom stereocenters. The summed E-state index contributed by atoms with van der Waals surface area (Å²) in [4.78, 5) is 10.9. The van der Waals surface area contributed by atoms with Crippen LogP contribution in [0.3, 0.4) is 0 Å². The first-order chi connectivity index (χ1) is 12.4. The number of fused-ring (bicyclic) bond motifs is 1. The summed E-state index contributed by atoms with van der Waals surface area (Å²) in [5.41, 5.74) is 5.26. The van der Waals surface area contributed by atoms with Crippen molar-refractivity contribution in [2.45, 2.75) is 38.5 Å². The van der Waals surface area contributed by atoms with Crippen LogP contribution in [0.1, 0.15) is 59.3 Å². The second kappa shape index (κ2) is 7.16. The van der Waals surface area contributed by atoms with Crippen molar-refractivity contribution < 1.29 is 15.1 Å².